The number of amides is 1. The van der Waals surface area contributed by atoms with Crippen LogP contribution < -0.4 is 0 Å². The second-order valence-corrected chi connectivity index (χ2v) is 8.57. The van der Waals surface area contributed by atoms with Crippen LogP contribution in [0.4, 0.5) is 8.78 Å². The summed E-state index contributed by atoms with van der Waals surface area (Å²) in [6.07, 6.45) is 1.66. The number of para-hydroxylation sites is 1. The Morgan fingerprint density at radius 3 is 2.85 bits per heavy atom. The van der Waals surface area contributed by atoms with Gasteiger partial charge in [0.25, 0.3) is 5.92 Å². The summed E-state index contributed by atoms with van der Waals surface area (Å²) in [6, 6.07) is 7.43. The monoisotopic (exact) mass is 395 g/mol. The molecule has 0 radical (unpaired) electrons. The Morgan fingerprint density at radius 2 is 2.11 bits per heavy atom. The topological polar surface area (TPSA) is 56.7 Å². The number of benzene rings is 1. The first-order valence-electron chi connectivity index (χ1n) is 9.32. The van der Waals surface area contributed by atoms with Gasteiger partial charge in [-0.1, -0.05) is 12.1 Å². The number of halogens is 2. The van der Waals surface area contributed by atoms with Crippen LogP contribution in [-0.4, -0.2) is 70.0 Å². The Bertz CT molecular complexity index is 789. The van der Waals surface area contributed by atoms with E-state index in [1.54, 1.807) is 21.1 Å². The Morgan fingerprint density at radius 1 is 1.33 bits per heavy atom. The molecule has 0 bridgehead atoms. The van der Waals surface area contributed by atoms with Crippen molar-refractivity contribution in [2.45, 2.75) is 43.7 Å². The summed E-state index contributed by atoms with van der Waals surface area (Å²) in [5.41, 5.74) is 0.996. The number of aliphatic hydroxyl groups excluding tert-OH is 1. The van der Waals surface area contributed by atoms with Crippen LogP contribution in [0.5, 0.6) is 0 Å². The van der Waals surface area contributed by atoms with Crippen molar-refractivity contribution in [3.63, 3.8) is 0 Å². The molecule has 2 fully saturated rings. The molecule has 8 heteroatoms. The molecule has 4 rings (SSSR count). The van der Waals surface area contributed by atoms with Gasteiger partial charge in [0.2, 0.25) is 5.91 Å². The summed E-state index contributed by atoms with van der Waals surface area (Å²) in [7, 11) is 0. The van der Waals surface area contributed by atoms with Crippen LogP contribution in [0.2, 0.25) is 0 Å². The Hall–Kier alpha value is -1.64. The van der Waals surface area contributed by atoms with Gasteiger partial charge in [-0.25, -0.2) is 13.8 Å². The molecule has 2 saturated heterocycles. The van der Waals surface area contributed by atoms with Gasteiger partial charge < -0.3 is 10.0 Å². The number of hydrogen-bond acceptors (Lipinski definition) is 5. The fourth-order valence-electron chi connectivity index (χ4n) is 3.96. The van der Waals surface area contributed by atoms with Gasteiger partial charge in [-0.3, -0.25) is 9.69 Å². The summed E-state index contributed by atoms with van der Waals surface area (Å²) >= 11 is 1.66. The highest BCUT2D eigenvalue weighted by molar-refractivity contribution is 7.18. The average molecular weight is 395 g/mol. The van der Waals surface area contributed by atoms with E-state index in [-0.39, 0.29) is 31.5 Å². The molecule has 2 aliphatic heterocycles. The molecule has 1 aromatic carbocycles. The predicted octanol–water partition coefficient (Wildman–Crippen LogP) is 2.53. The molecular weight excluding hydrogens is 372 g/mol. The highest BCUT2D eigenvalue weighted by Crippen LogP contribution is 2.35. The molecule has 0 spiro atoms. The summed E-state index contributed by atoms with van der Waals surface area (Å²) in [6.45, 7) is 0.379. The molecule has 0 saturated carbocycles. The minimum absolute atomic E-state index is 0.0660. The molecule has 27 heavy (non-hydrogen) atoms. The van der Waals surface area contributed by atoms with Gasteiger partial charge in [0.1, 0.15) is 0 Å². The zero-order valence-corrected chi connectivity index (χ0v) is 15.8. The molecule has 1 N–H and O–H groups in total. The van der Waals surface area contributed by atoms with Crippen molar-refractivity contribution in [2.75, 3.05) is 26.2 Å². The lowest BCUT2D eigenvalue weighted by Gasteiger charge is -2.45. The first-order valence-corrected chi connectivity index (χ1v) is 10.1. The molecule has 2 aromatic rings. The maximum absolute atomic E-state index is 13.6. The second kappa shape index (κ2) is 7.41. The predicted molar refractivity (Wildman–Crippen MR) is 100 cm³/mol. The van der Waals surface area contributed by atoms with Crippen LogP contribution >= 0.6 is 11.3 Å². The largest absolute Gasteiger partial charge is 0.395 e. The third-order valence-corrected chi connectivity index (χ3v) is 6.53. The van der Waals surface area contributed by atoms with Gasteiger partial charge in [-0.15, -0.1) is 11.3 Å². The van der Waals surface area contributed by atoms with Gasteiger partial charge in [0.15, 0.2) is 0 Å². The van der Waals surface area contributed by atoms with E-state index < -0.39 is 12.0 Å². The average Bonchev–Trinajstić information content (AvgIpc) is 3.13. The van der Waals surface area contributed by atoms with E-state index in [9.17, 15) is 18.7 Å². The van der Waals surface area contributed by atoms with Gasteiger partial charge in [0, 0.05) is 38.0 Å². The first-order chi connectivity index (χ1) is 12.9. The number of aliphatic hydroxyl groups is 1. The molecule has 0 unspecified atom stereocenters. The molecule has 3 heterocycles. The maximum atomic E-state index is 13.6. The standard InChI is InChI=1S/C19H23F2N3O2S/c20-19(21)8-13(11-25)24(12-19)14-9-23(10-14)18(26)7-3-6-17-22-15-4-1-2-5-16(15)27-17/h1-2,4-5,13-14,25H,3,6-12H2/t13-/m0/s1. The number of nitrogens with zero attached hydrogens (tertiary/aromatic N) is 3. The van der Waals surface area contributed by atoms with Crippen molar-refractivity contribution >= 4 is 27.5 Å². The zero-order valence-electron chi connectivity index (χ0n) is 15.0. The number of aromatic nitrogens is 1. The zero-order chi connectivity index (χ0) is 19.0. The fourth-order valence-corrected chi connectivity index (χ4v) is 4.97. The van der Waals surface area contributed by atoms with Crippen molar-refractivity contribution in [3.8, 4) is 0 Å². The minimum atomic E-state index is -2.74. The third-order valence-electron chi connectivity index (χ3n) is 5.43. The van der Waals surface area contributed by atoms with Crippen LogP contribution in [0.25, 0.3) is 10.2 Å². The number of aryl methyl sites for hydroxylation is 1. The smallest absolute Gasteiger partial charge is 0.262 e. The Balaban J connectivity index is 1.22. The number of thiazole rings is 1. The van der Waals surface area contributed by atoms with Crippen LogP contribution in [-0.2, 0) is 11.2 Å². The Labute approximate surface area is 160 Å². The molecule has 1 aromatic heterocycles. The number of carbonyl (C=O) groups excluding carboxylic acids is 1. The lowest BCUT2D eigenvalue weighted by molar-refractivity contribution is -0.139. The van der Waals surface area contributed by atoms with E-state index in [1.807, 2.05) is 24.3 Å². The highest BCUT2D eigenvalue weighted by atomic mass is 32.1. The number of rotatable bonds is 6. The fraction of sp³-hybridized carbons (Fsp3) is 0.579. The lowest BCUT2D eigenvalue weighted by Crippen LogP contribution is -2.62. The number of likely N-dealkylation sites (tertiary alicyclic amines) is 2. The SMILES string of the molecule is O=C(CCCc1nc2ccccc2s1)N1CC(N2CC(F)(F)C[C@H]2CO)C1. The lowest BCUT2D eigenvalue weighted by atomic mass is 10.0. The van der Waals surface area contributed by atoms with Crippen LogP contribution in [0, 0.1) is 0 Å². The van der Waals surface area contributed by atoms with Gasteiger partial charge >= 0.3 is 0 Å². The van der Waals surface area contributed by atoms with E-state index in [0.717, 1.165) is 28.1 Å². The van der Waals surface area contributed by atoms with Crippen molar-refractivity contribution in [3.05, 3.63) is 29.3 Å². The maximum Gasteiger partial charge on any atom is 0.262 e. The quantitative estimate of drug-likeness (QED) is 0.817. The van der Waals surface area contributed by atoms with Gasteiger partial charge in [0.05, 0.1) is 28.4 Å². The normalized spacial score (nSPS) is 23.1. The Kier molecular flexibility index (Phi) is 5.13. The molecule has 1 amide bonds. The summed E-state index contributed by atoms with van der Waals surface area (Å²) in [5, 5.41) is 10.4. The minimum Gasteiger partial charge on any atom is -0.395 e. The first kappa shape index (κ1) is 18.7. The van der Waals surface area contributed by atoms with Crippen molar-refractivity contribution in [1.29, 1.82) is 0 Å². The molecule has 0 aliphatic carbocycles. The number of fused-ring (bicyclic) bond motifs is 1. The molecule has 2 aliphatic rings. The summed E-state index contributed by atoms with van der Waals surface area (Å²) in [5.74, 6) is -2.67. The molecular formula is C19H23F2N3O2S. The van der Waals surface area contributed by atoms with Crippen LogP contribution in [0.1, 0.15) is 24.3 Å². The van der Waals surface area contributed by atoms with Gasteiger partial charge in [-0.05, 0) is 25.0 Å². The molecule has 146 valence electrons. The van der Waals surface area contributed by atoms with E-state index in [0.29, 0.717) is 19.5 Å². The van der Waals surface area contributed by atoms with Gasteiger partial charge in [-0.2, -0.15) is 0 Å². The van der Waals surface area contributed by atoms with E-state index >= 15 is 0 Å². The molecule has 1 atom stereocenters. The van der Waals surface area contributed by atoms with Crippen LogP contribution in [0.15, 0.2) is 24.3 Å². The number of alkyl halides is 2. The highest BCUT2D eigenvalue weighted by Gasteiger charge is 2.49. The number of hydrogen-bond donors (Lipinski definition) is 1. The summed E-state index contributed by atoms with van der Waals surface area (Å²) in [4.78, 5) is 20.3. The van der Waals surface area contributed by atoms with E-state index in [1.165, 1.54) is 0 Å². The molecule has 5 nitrogen and oxygen atoms in total. The van der Waals surface area contributed by atoms with E-state index in [2.05, 4.69) is 4.98 Å². The number of carbonyl (C=O) groups is 1. The summed E-state index contributed by atoms with van der Waals surface area (Å²) < 4.78 is 28.3. The van der Waals surface area contributed by atoms with Crippen molar-refractivity contribution in [2.24, 2.45) is 0 Å². The third kappa shape index (κ3) is 3.97. The second-order valence-electron chi connectivity index (χ2n) is 7.45. The van der Waals surface area contributed by atoms with Crippen molar-refractivity contribution < 1.29 is 18.7 Å². The van der Waals surface area contributed by atoms with E-state index in [4.69, 9.17) is 0 Å². The van der Waals surface area contributed by atoms with Crippen LogP contribution in [0.3, 0.4) is 0 Å². The van der Waals surface area contributed by atoms with Crippen molar-refractivity contribution in [1.82, 2.24) is 14.8 Å².